The van der Waals surface area contributed by atoms with Crippen LogP contribution in [0.15, 0.2) is 28.5 Å². The maximum Gasteiger partial charge on any atom is 0.252 e. The fourth-order valence-electron chi connectivity index (χ4n) is 1.46. The first-order valence-corrected chi connectivity index (χ1v) is 8.03. The van der Waals surface area contributed by atoms with Crippen LogP contribution in [0.2, 0.25) is 0 Å². The van der Waals surface area contributed by atoms with Gasteiger partial charge >= 0.3 is 0 Å². The van der Waals surface area contributed by atoms with Crippen LogP contribution in [-0.4, -0.2) is 32.9 Å². The van der Waals surface area contributed by atoms with Crippen LogP contribution in [0, 0.1) is 0 Å². The van der Waals surface area contributed by atoms with Crippen LogP contribution in [-0.2, 0) is 16.6 Å². The molecule has 0 unspecified atom stereocenters. The lowest BCUT2D eigenvalue weighted by atomic mass is 10.4. The fourth-order valence-corrected chi connectivity index (χ4v) is 4.23. The molecular weight excluding hydrogens is 268 g/mol. The Balaban J connectivity index is 2.85. The van der Waals surface area contributed by atoms with E-state index >= 15 is 0 Å². The molecule has 1 aromatic heterocycles. The van der Waals surface area contributed by atoms with Gasteiger partial charge in [0.15, 0.2) is 0 Å². The second kappa shape index (κ2) is 6.47. The number of likely N-dealkylation sites (N-methyl/N-ethyl adjacent to an activating group) is 1. The summed E-state index contributed by atoms with van der Waals surface area (Å²) < 4.78 is 26.2. The number of nitrogens with zero attached hydrogens (tertiary/aromatic N) is 1. The summed E-state index contributed by atoms with van der Waals surface area (Å²) in [6.07, 6.45) is 0. The Bertz CT molecular complexity index is 506. The summed E-state index contributed by atoms with van der Waals surface area (Å²) in [5, 5.41) is 3.18. The SMILES string of the molecule is C=C(C)CN(C)S(=O)(=O)c1ccc(CNCC)s1. The molecule has 1 rings (SSSR count). The molecule has 0 radical (unpaired) electrons. The molecule has 6 heteroatoms. The molecule has 1 aromatic rings. The average Bonchev–Trinajstić information content (AvgIpc) is 2.74. The Morgan fingerprint density at radius 2 is 2.17 bits per heavy atom. The van der Waals surface area contributed by atoms with Crippen molar-refractivity contribution in [2.24, 2.45) is 0 Å². The third-order valence-corrected chi connectivity index (χ3v) is 5.70. The number of hydrogen-bond donors (Lipinski definition) is 1. The van der Waals surface area contributed by atoms with E-state index in [1.807, 2.05) is 19.9 Å². The van der Waals surface area contributed by atoms with E-state index in [1.165, 1.54) is 15.6 Å². The molecule has 18 heavy (non-hydrogen) atoms. The number of hydrogen-bond acceptors (Lipinski definition) is 4. The number of thiophene rings is 1. The quantitative estimate of drug-likeness (QED) is 0.781. The summed E-state index contributed by atoms with van der Waals surface area (Å²) in [6.45, 7) is 9.50. The molecule has 0 atom stereocenters. The Kier molecular flexibility index (Phi) is 5.52. The van der Waals surface area contributed by atoms with Crippen molar-refractivity contribution in [3.63, 3.8) is 0 Å². The second-order valence-corrected chi connectivity index (χ2v) is 7.66. The van der Waals surface area contributed by atoms with Gasteiger partial charge in [0.2, 0.25) is 0 Å². The lowest BCUT2D eigenvalue weighted by Gasteiger charge is -2.15. The van der Waals surface area contributed by atoms with Gasteiger partial charge in [0.25, 0.3) is 10.0 Å². The lowest BCUT2D eigenvalue weighted by Crippen LogP contribution is -2.27. The van der Waals surface area contributed by atoms with Gasteiger partial charge in [0, 0.05) is 25.0 Å². The van der Waals surface area contributed by atoms with Gasteiger partial charge in [-0.1, -0.05) is 19.1 Å². The van der Waals surface area contributed by atoms with Gasteiger partial charge in [-0.3, -0.25) is 0 Å². The predicted octanol–water partition coefficient (Wildman–Crippen LogP) is 2.05. The Morgan fingerprint density at radius 1 is 1.50 bits per heavy atom. The maximum absolute atomic E-state index is 12.2. The van der Waals surface area contributed by atoms with Gasteiger partial charge in [-0.25, -0.2) is 8.42 Å². The monoisotopic (exact) mass is 288 g/mol. The molecule has 0 aromatic carbocycles. The molecule has 1 N–H and O–H groups in total. The second-order valence-electron chi connectivity index (χ2n) is 4.22. The average molecular weight is 288 g/mol. The van der Waals surface area contributed by atoms with Gasteiger partial charge in [-0.05, 0) is 25.6 Å². The Labute approximate surface area is 113 Å². The molecule has 0 amide bonds. The predicted molar refractivity (Wildman–Crippen MR) is 76.3 cm³/mol. The molecular formula is C12H20N2O2S2. The summed E-state index contributed by atoms with van der Waals surface area (Å²) in [6, 6.07) is 3.52. The highest BCUT2D eigenvalue weighted by Crippen LogP contribution is 2.24. The molecule has 0 aliphatic carbocycles. The van der Waals surface area contributed by atoms with E-state index in [0.717, 1.165) is 17.0 Å². The lowest BCUT2D eigenvalue weighted by molar-refractivity contribution is 0.495. The molecule has 0 fully saturated rings. The van der Waals surface area contributed by atoms with Gasteiger partial charge < -0.3 is 5.32 Å². The van der Waals surface area contributed by atoms with Gasteiger partial charge in [0.05, 0.1) is 0 Å². The van der Waals surface area contributed by atoms with Gasteiger partial charge in [0.1, 0.15) is 4.21 Å². The van der Waals surface area contributed by atoms with Crippen LogP contribution in [0.5, 0.6) is 0 Å². The third kappa shape index (κ3) is 3.91. The molecule has 0 saturated carbocycles. The normalized spacial score (nSPS) is 12.0. The van der Waals surface area contributed by atoms with Crippen LogP contribution in [0.1, 0.15) is 18.7 Å². The first-order chi connectivity index (χ1) is 8.37. The van der Waals surface area contributed by atoms with E-state index in [4.69, 9.17) is 0 Å². The minimum Gasteiger partial charge on any atom is -0.312 e. The van der Waals surface area contributed by atoms with Crippen molar-refractivity contribution in [1.29, 1.82) is 0 Å². The van der Waals surface area contributed by atoms with Crippen molar-refractivity contribution in [2.75, 3.05) is 20.1 Å². The number of rotatable bonds is 7. The topological polar surface area (TPSA) is 49.4 Å². The van der Waals surface area contributed by atoms with Crippen LogP contribution < -0.4 is 5.32 Å². The van der Waals surface area contributed by atoms with Crippen LogP contribution >= 0.6 is 11.3 Å². The van der Waals surface area contributed by atoms with Crippen LogP contribution in [0.3, 0.4) is 0 Å². The van der Waals surface area contributed by atoms with Crippen molar-refractivity contribution in [1.82, 2.24) is 9.62 Å². The molecule has 0 aliphatic heterocycles. The summed E-state index contributed by atoms with van der Waals surface area (Å²) in [7, 11) is -1.80. The van der Waals surface area contributed by atoms with Crippen molar-refractivity contribution >= 4 is 21.4 Å². The first-order valence-electron chi connectivity index (χ1n) is 5.78. The molecule has 0 bridgehead atoms. The summed E-state index contributed by atoms with van der Waals surface area (Å²) in [4.78, 5) is 1.03. The summed E-state index contributed by atoms with van der Waals surface area (Å²) in [5.74, 6) is 0. The van der Waals surface area contributed by atoms with E-state index in [0.29, 0.717) is 17.3 Å². The summed E-state index contributed by atoms with van der Waals surface area (Å²) >= 11 is 1.31. The molecule has 0 saturated heterocycles. The number of nitrogens with one attached hydrogen (secondary N) is 1. The zero-order valence-electron chi connectivity index (χ0n) is 11.1. The van der Waals surface area contributed by atoms with Crippen LogP contribution in [0.4, 0.5) is 0 Å². The van der Waals surface area contributed by atoms with Crippen LogP contribution in [0.25, 0.3) is 0 Å². The Morgan fingerprint density at radius 3 is 2.72 bits per heavy atom. The third-order valence-electron chi connectivity index (χ3n) is 2.34. The minimum atomic E-state index is -3.38. The fraction of sp³-hybridized carbons (Fsp3) is 0.500. The minimum absolute atomic E-state index is 0.350. The zero-order chi connectivity index (χ0) is 13.8. The molecule has 1 heterocycles. The molecule has 102 valence electrons. The largest absolute Gasteiger partial charge is 0.312 e. The highest BCUT2D eigenvalue weighted by atomic mass is 32.2. The van der Waals surface area contributed by atoms with Gasteiger partial charge in [-0.15, -0.1) is 11.3 Å². The van der Waals surface area contributed by atoms with Crippen molar-refractivity contribution in [2.45, 2.75) is 24.6 Å². The van der Waals surface area contributed by atoms with Gasteiger partial charge in [-0.2, -0.15) is 4.31 Å². The molecule has 4 nitrogen and oxygen atoms in total. The van der Waals surface area contributed by atoms with E-state index in [-0.39, 0.29) is 0 Å². The van der Waals surface area contributed by atoms with E-state index in [9.17, 15) is 8.42 Å². The maximum atomic E-state index is 12.2. The highest BCUT2D eigenvalue weighted by Gasteiger charge is 2.22. The smallest absolute Gasteiger partial charge is 0.252 e. The van der Waals surface area contributed by atoms with E-state index < -0.39 is 10.0 Å². The van der Waals surface area contributed by atoms with Crippen molar-refractivity contribution in [3.8, 4) is 0 Å². The molecule has 0 spiro atoms. The zero-order valence-corrected chi connectivity index (χ0v) is 12.7. The first kappa shape index (κ1) is 15.4. The highest BCUT2D eigenvalue weighted by molar-refractivity contribution is 7.91. The summed E-state index contributed by atoms with van der Waals surface area (Å²) in [5.41, 5.74) is 0.825. The molecule has 0 aliphatic rings. The van der Waals surface area contributed by atoms with Crippen molar-refractivity contribution in [3.05, 3.63) is 29.2 Å². The van der Waals surface area contributed by atoms with E-state index in [1.54, 1.807) is 13.1 Å². The number of sulfonamides is 1. The van der Waals surface area contributed by atoms with Crippen molar-refractivity contribution < 1.29 is 8.42 Å². The standard InChI is InChI=1S/C12H20N2O2S2/c1-5-13-8-11-6-7-12(17-11)18(15,16)14(4)9-10(2)3/h6-7,13H,2,5,8-9H2,1,3-4H3. The van der Waals surface area contributed by atoms with E-state index in [2.05, 4.69) is 11.9 Å². The Hall–Kier alpha value is -0.690.